The summed E-state index contributed by atoms with van der Waals surface area (Å²) in [5, 5.41) is 39.0. The van der Waals surface area contributed by atoms with E-state index in [2.05, 4.69) is 16.8 Å². The molecule has 0 saturated carbocycles. The van der Waals surface area contributed by atoms with Gasteiger partial charge in [-0.1, -0.05) is 43.3 Å². The van der Waals surface area contributed by atoms with Crippen molar-refractivity contribution in [2.24, 2.45) is 0 Å². The number of hydrogen-bond donors (Lipinski definition) is 3. The summed E-state index contributed by atoms with van der Waals surface area (Å²) in [5.41, 5.74) is 2.54. The Bertz CT molecular complexity index is 1010. The SMILES string of the molecule is C=C1/C=C\C(n2c(O)nnc2-c2cc(C(C)C)c(O)cc2O)=C/CCC(OCOC)C1. The van der Waals surface area contributed by atoms with Crippen LogP contribution in [0.15, 0.2) is 42.5 Å². The maximum Gasteiger partial charge on any atom is 0.319 e. The van der Waals surface area contributed by atoms with E-state index in [4.69, 9.17) is 9.47 Å². The minimum atomic E-state index is -0.304. The Labute approximate surface area is 181 Å². The van der Waals surface area contributed by atoms with Gasteiger partial charge in [0.1, 0.15) is 18.3 Å². The number of phenols is 2. The van der Waals surface area contributed by atoms with Gasteiger partial charge in [-0.15, -0.1) is 5.10 Å². The summed E-state index contributed by atoms with van der Waals surface area (Å²) in [6.45, 7) is 8.18. The highest BCUT2D eigenvalue weighted by molar-refractivity contribution is 5.73. The van der Waals surface area contributed by atoms with Crippen molar-refractivity contribution in [2.45, 2.75) is 45.1 Å². The standard InChI is InChI=1S/C23H29N3O5/c1-14(2)18-11-19(21(28)12-20(18)27)22-24-25-23(29)26(22)16-6-5-7-17(31-13-30-4)10-15(3)8-9-16/h6,8-9,11-12,14,17,27-28H,3,5,7,10,13H2,1-2,4H3,(H,25,29)/b9-8-,16-6+. The van der Waals surface area contributed by atoms with E-state index in [1.165, 1.54) is 10.6 Å². The van der Waals surface area contributed by atoms with Crippen LogP contribution in [0.2, 0.25) is 0 Å². The highest BCUT2D eigenvalue weighted by atomic mass is 16.7. The molecular formula is C23H29N3O5. The number of aromatic nitrogens is 3. The Morgan fingerprint density at radius 3 is 2.65 bits per heavy atom. The maximum atomic E-state index is 10.5. The molecule has 1 aromatic carbocycles. The molecule has 3 rings (SSSR count). The first-order chi connectivity index (χ1) is 14.8. The summed E-state index contributed by atoms with van der Waals surface area (Å²) in [4.78, 5) is 0. The third-order valence-corrected chi connectivity index (χ3v) is 5.16. The molecule has 8 nitrogen and oxygen atoms in total. The minimum Gasteiger partial charge on any atom is -0.508 e. The molecule has 0 spiro atoms. The van der Waals surface area contributed by atoms with Crippen molar-refractivity contribution in [3.05, 3.63) is 48.1 Å². The first-order valence-electron chi connectivity index (χ1n) is 10.2. The van der Waals surface area contributed by atoms with Crippen molar-refractivity contribution >= 4 is 5.70 Å². The van der Waals surface area contributed by atoms with Crippen molar-refractivity contribution in [2.75, 3.05) is 13.9 Å². The average molecular weight is 428 g/mol. The molecule has 1 heterocycles. The lowest BCUT2D eigenvalue weighted by Gasteiger charge is -2.16. The number of allylic oxidation sites excluding steroid dienone is 4. The van der Waals surface area contributed by atoms with E-state index in [1.54, 1.807) is 13.2 Å². The Hall–Kier alpha value is -3.10. The fourth-order valence-corrected chi connectivity index (χ4v) is 3.55. The number of hydrogen-bond acceptors (Lipinski definition) is 7. The molecule has 0 aliphatic heterocycles. The first-order valence-corrected chi connectivity index (χ1v) is 10.2. The topological polar surface area (TPSA) is 110 Å². The van der Waals surface area contributed by atoms with Gasteiger partial charge in [0.05, 0.1) is 11.7 Å². The van der Waals surface area contributed by atoms with Gasteiger partial charge in [-0.3, -0.25) is 0 Å². The molecule has 2 aromatic rings. The third-order valence-electron chi connectivity index (χ3n) is 5.16. The fraction of sp³-hybridized carbons (Fsp3) is 0.391. The van der Waals surface area contributed by atoms with Gasteiger partial charge in [-0.2, -0.15) is 0 Å². The van der Waals surface area contributed by atoms with Crippen LogP contribution in [0.1, 0.15) is 44.6 Å². The molecule has 1 aliphatic rings. The second kappa shape index (κ2) is 9.80. The molecule has 31 heavy (non-hydrogen) atoms. The molecule has 0 saturated heterocycles. The summed E-state index contributed by atoms with van der Waals surface area (Å²) in [6.07, 6.45) is 7.69. The molecule has 0 fully saturated rings. The molecule has 166 valence electrons. The lowest BCUT2D eigenvalue weighted by atomic mass is 9.98. The van der Waals surface area contributed by atoms with Gasteiger partial charge in [-0.05, 0) is 42.9 Å². The number of phenolic OH excluding ortho intramolecular Hbond substituents is 2. The lowest BCUT2D eigenvalue weighted by Crippen LogP contribution is -2.14. The summed E-state index contributed by atoms with van der Waals surface area (Å²) >= 11 is 0. The van der Waals surface area contributed by atoms with Gasteiger partial charge in [0.25, 0.3) is 0 Å². The number of methoxy groups -OCH3 is 1. The molecule has 8 heteroatoms. The van der Waals surface area contributed by atoms with E-state index < -0.39 is 0 Å². The van der Waals surface area contributed by atoms with E-state index >= 15 is 0 Å². The summed E-state index contributed by atoms with van der Waals surface area (Å²) < 4.78 is 12.2. The molecule has 0 radical (unpaired) electrons. The summed E-state index contributed by atoms with van der Waals surface area (Å²) in [6, 6.07) is 2.65. The Balaban J connectivity index is 2.02. The maximum absolute atomic E-state index is 10.5. The van der Waals surface area contributed by atoms with Crippen LogP contribution in [0.4, 0.5) is 0 Å². The molecule has 0 bridgehead atoms. The van der Waals surface area contributed by atoms with Gasteiger partial charge >= 0.3 is 6.01 Å². The largest absolute Gasteiger partial charge is 0.508 e. The minimum absolute atomic E-state index is 0.00601. The number of nitrogens with zero attached hydrogens (tertiary/aromatic N) is 3. The zero-order chi connectivity index (χ0) is 22.5. The highest BCUT2D eigenvalue weighted by Crippen LogP contribution is 2.39. The lowest BCUT2D eigenvalue weighted by molar-refractivity contribution is -0.0728. The van der Waals surface area contributed by atoms with E-state index in [0.717, 1.165) is 12.0 Å². The number of benzene rings is 1. The van der Waals surface area contributed by atoms with Crippen molar-refractivity contribution in [3.63, 3.8) is 0 Å². The number of aromatic hydroxyl groups is 3. The Kier molecular flexibility index (Phi) is 7.14. The molecule has 1 unspecified atom stereocenters. The van der Waals surface area contributed by atoms with Gasteiger partial charge in [0, 0.05) is 18.9 Å². The van der Waals surface area contributed by atoms with Crippen LogP contribution >= 0.6 is 0 Å². The number of rotatable bonds is 6. The van der Waals surface area contributed by atoms with Crippen molar-refractivity contribution < 1.29 is 24.8 Å². The summed E-state index contributed by atoms with van der Waals surface area (Å²) in [7, 11) is 1.58. The van der Waals surface area contributed by atoms with Crippen molar-refractivity contribution in [1.29, 1.82) is 0 Å². The van der Waals surface area contributed by atoms with Crippen molar-refractivity contribution in [1.82, 2.24) is 14.8 Å². The Morgan fingerprint density at radius 1 is 1.16 bits per heavy atom. The number of ether oxygens (including phenoxy) is 2. The molecular weight excluding hydrogens is 398 g/mol. The first kappa shape index (κ1) is 22.6. The van der Waals surface area contributed by atoms with E-state index in [0.29, 0.717) is 29.7 Å². The third kappa shape index (κ3) is 5.15. The summed E-state index contributed by atoms with van der Waals surface area (Å²) in [5.74, 6) is 0.151. The molecule has 0 amide bonds. The van der Waals surface area contributed by atoms with E-state index in [1.807, 2.05) is 32.1 Å². The zero-order valence-corrected chi connectivity index (χ0v) is 18.1. The van der Waals surface area contributed by atoms with Crippen LogP contribution in [0.3, 0.4) is 0 Å². The Morgan fingerprint density at radius 2 is 1.94 bits per heavy atom. The monoisotopic (exact) mass is 427 g/mol. The normalized spacial score (nSPS) is 20.1. The van der Waals surface area contributed by atoms with Gasteiger partial charge in [0.15, 0.2) is 5.82 Å². The predicted octanol–water partition coefficient (Wildman–Crippen LogP) is 4.31. The van der Waals surface area contributed by atoms with E-state index in [-0.39, 0.29) is 42.1 Å². The van der Waals surface area contributed by atoms with E-state index in [9.17, 15) is 15.3 Å². The van der Waals surface area contributed by atoms with Crippen LogP contribution < -0.4 is 0 Å². The molecule has 1 aliphatic carbocycles. The van der Waals surface area contributed by atoms with Gasteiger partial charge in [0.2, 0.25) is 0 Å². The van der Waals surface area contributed by atoms with Crippen LogP contribution in [-0.4, -0.2) is 50.1 Å². The average Bonchev–Trinajstić information content (AvgIpc) is 3.12. The second-order valence-electron chi connectivity index (χ2n) is 7.84. The molecule has 1 atom stereocenters. The fourth-order valence-electron chi connectivity index (χ4n) is 3.55. The predicted molar refractivity (Wildman–Crippen MR) is 118 cm³/mol. The van der Waals surface area contributed by atoms with Crippen molar-refractivity contribution in [3.8, 4) is 28.9 Å². The smallest absolute Gasteiger partial charge is 0.319 e. The van der Waals surface area contributed by atoms with Gasteiger partial charge in [-0.25, -0.2) is 4.57 Å². The van der Waals surface area contributed by atoms with Crippen LogP contribution in [0, 0.1) is 0 Å². The zero-order valence-electron chi connectivity index (χ0n) is 18.1. The van der Waals surface area contributed by atoms with Crippen LogP contribution in [-0.2, 0) is 9.47 Å². The molecule has 3 N–H and O–H groups in total. The van der Waals surface area contributed by atoms with Crippen LogP contribution in [0.25, 0.3) is 17.1 Å². The quantitative estimate of drug-likeness (QED) is 0.589. The highest BCUT2D eigenvalue weighted by Gasteiger charge is 2.22. The second-order valence-corrected chi connectivity index (χ2v) is 7.84. The van der Waals surface area contributed by atoms with Crippen LogP contribution in [0.5, 0.6) is 17.5 Å². The molecule has 1 aromatic heterocycles. The van der Waals surface area contributed by atoms with Gasteiger partial charge < -0.3 is 24.8 Å².